The van der Waals surface area contributed by atoms with Crippen LogP contribution in [0.5, 0.6) is 0 Å². The fourth-order valence-corrected chi connectivity index (χ4v) is 1.53. The molecule has 0 spiro atoms. The third-order valence-corrected chi connectivity index (χ3v) is 2.43. The quantitative estimate of drug-likeness (QED) is 0.876. The molecule has 0 aliphatic heterocycles. The third kappa shape index (κ3) is 2.90. The minimum Gasteiger partial charge on any atom is -0.306 e. The van der Waals surface area contributed by atoms with E-state index in [4.69, 9.17) is 5.26 Å². The first kappa shape index (κ1) is 12.2. The van der Waals surface area contributed by atoms with E-state index >= 15 is 0 Å². The minimum atomic E-state index is -0.379. The van der Waals surface area contributed by atoms with Crippen LogP contribution in [-0.4, -0.2) is 14.8 Å². The highest BCUT2D eigenvalue weighted by atomic mass is 19.1. The van der Waals surface area contributed by atoms with Crippen LogP contribution >= 0.6 is 0 Å². The van der Waals surface area contributed by atoms with Gasteiger partial charge in [-0.05, 0) is 12.1 Å². The average Bonchev–Trinajstić information content (AvgIpc) is 2.77. The molecule has 1 N–H and O–H groups in total. The molecule has 0 bridgehead atoms. The zero-order valence-corrected chi connectivity index (χ0v) is 9.89. The van der Waals surface area contributed by atoms with Crippen molar-refractivity contribution >= 4 is 0 Å². The lowest BCUT2D eigenvalue weighted by molar-refractivity contribution is 0.581. The Morgan fingerprint density at radius 1 is 1.44 bits per heavy atom. The van der Waals surface area contributed by atoms with Crippen molar-refractivity contribution in [3.63, 3.8) is 0 Å². The second-order valence-electron chi connectivity index (χ2n) is 3.86. The van der Waals surface area contributed by atoms with Crippen LogP contribution < -0.4 is 5.32 Å². The van der Waals surface area contributed by atoms with Crippen molar-refractivity contribution in [2.24, 2.45) is 7.05 Å². The molecule has 6 heteroatoms. The molecule has 0 saturated carbocycles. The molecule has 0 amide bonds. The van der Waals surface area contributed by atoms with E-state index in [2.05, 4.69) is 15.4 Å². The van der Waals surface area contributed by atoms with E-state index in [1.807, 2.05) is 6.07 Å². The van der Waals surface area contributed by atoms with E-state index in [9.17, 15) is 4.39 Å². The third-order valence-electron chi connectivity index (χ3n) is 2.43. The monoisotopic (exact) mass is 245 g/mol. The van der Waals surface area contributed by atoms with Gasteiger partial charge in [0.05, 0.1) is 18.2 Å². The number of rotatable bonds is 4. The second-order valence-corrected chi connectivity index (χ2v) is 3.86. The van der Waals surface area contributed by atoms with Crippen LogP contribution in [0.4, 0.5) is 4.39 Å². The van der Waals surface area contributed by atoms with Crippen molar-refractivity contribution in [2.75, 3.05) is 0 Å². The molecule has 2 rings (SSSR count). The molecule has 0 aliphatic carbocycles. The molecule has 0 fully saturated rings. The van der Waals surface area contributed by atoms with Crippen LogP contribution in [0.2, 0.25) is 0 Å². The molecule has 1 heterocycles. The SMILES string of the molecule is Cn1cnc(CNCc2ccc(C#N)cc2F)n1. The van der Waals surface area contributed by atoms with Gasteiger partial charge in [0.2, 0.25) is 0 Å². The van der Waals surface area contributed by atoms with Gasteiger partial charge >= 0.3 is 0 Å². The molecule has 0 unspecified atom stereocenters. The Kier molecular flexibility index (Phi) is 3.65. The van der Waals surface area contributed by atoms with Gasteiger partial charge in [-0.25, -0.2) is 9.37 Å². The number of aromatic nitrogens is 3. The van der Waals surface area contributed by atoms with Gasteiger partial charge in [-0.3, -0.25) is 4.68 Å². The molecule has 0 atom stereocenters. The number of aryl methyl sites for hydroxylation is 1. The number of nitriles is 1. The Labute approximate surface area is 104 Å². The summed E-state index contributed by atoms with van der Waals surface area (Å²) in [6.45, 7) is 0.843. The highest BCUT2D eigenvalue weighted by molar-refractivity contribution is 5.32. The molecular weight excluding hydrogens is 233 g/mol. The van der Waals surface area contributed by atoms with Crippen molar-refractivity contribution in [1.29, 1.82) is 5.26 Å². The molecular formula is C12H12FN5. The number of nitrogens with one attached hydrogen (secondary N) is 1. The van der Waals surface area contributed by atoms with E-state index in [1.165, 1.54) is 6.07 Å². The Bertz CT molecular complexity index is 584. The second kappa shape index (κ2) is 5.38. The predicted molar refractivity (Wildman–Crippen MR) is 62.7 cm³/mol. The normalized spacial score (nSPS) is 10.3. The molecule has 1 aromatic carbocycles. The summed E-state index contributed by atoms with van der Waals surface area (Å²) in [5.74, 6) is 0.280. The smallest absolute Gasteiger partial charge is 0.164 e. The van der Waals surface area contributed by atoms with Gasteiger partial charge in [0.15, 0.2) is 5.82 Å². The zero-order chi connectivity index (χ0) is 13.0. The lowest BCUT2D eigenvalue weighted by Crippen LogP contribution is -2.15. The van der Waals surface area contributed by atoms with E-state index in [1.54, 1.807) is 30.2 Å². The van der Waals surface area contributed by atoms with Crippen molar-refractivity contribution < 1.29 is 4.39 Å². The molecule has 92 valence electrons. The Hall–Kier alpha value is -2.26. The Morgan fingerprint density at radius 2 is 2.28 bits per heavy atom. The summed E-state index contributed by atoms with van der Waals surface area (Å²) < 4.78 is 15.2. The first-order valence-corrected chi connectivity index (χ1v) is 5.43. The van der Waals surface area contributed by atoms with Gasteiger partial charge in [0.1, 0.15) is 12.1 Å². The van der Waals surface area contributed by atoms with Crippen LogP contribution in [0, 0.1) is 17.1 Å². The summed E-state index contributed by atoms with van der Waals surface area (Å²) >= 11 is 0. The van der Waals surface area contributed by atoms with Crippen LogP contribution in [-0.2, 0) is 20.1 Å². The van der Waals surface area contributed by atoms with Gasteiger partial charge in [-0.1, -0.05) is 6.07 Å². The number of hydrogen-bond donors (Lipinski definition) is 1. The lowest BCUT2D eigenvalue weighted by atomic mass is 10.1. The van der Waals surface area contributed by atoms with Crippen LogP contribution in [0.15, 0.2) is 24.5 Å². The van der Waals surface area contributed by atoms with Gasteiger partial charge in [-0.15, -0.1) is 0 Å². The maximum absolute atomic E-state index is 13.5. The van der Waals surface area contributed by atoms with Crippen LogP contribution in [0.1, 0.15) is 17.0 Å². The first-order chi connectivity index (χ1) is 8.69. The molecule has 0 radical (unpaired) electrons. The predicted octanol–water partition coefficient (Wildman–Crippen LogP) is 1.12. The highest BCUT2D eigenvalue weighted by Gasteiger charge is 2.04. The number of halogens is 1. The topological polar surface area (TPSA) is 66.5 Å². The number of nitrogens with zero attached hydrogens (tertiary/aromatic N) is 4. The first-order valence-electron chi connectivity index (χ1n) is 5.43. The van der Waals surface area contributed by atoms with Crippen LogP contribution in [0.3, 0.4) is 0 Å². The van der Waals surface area contributed by atoms with Gasteiger partial charge in [0, 0.05) is 19.2 Å². The van der Waals surface area contributed by atoms with Crippen molar-refractivity contribution in [3.8, 4) is 6.07 Å². The summed E-state index contributed by atoms with van der Waals surface area (Å²) in [5, 5.41) is 15.8. The number of benzene rings is 1. The minimum absolute atomic E-state index is 0.322. The summed E-state index contributed by atoms with van der Waals surface area (Å²) in [7, 11) is 1.79. The molecule has 5 nitrogen and oxygen atoms in total. The molecule has 2 aromatic rings. The maximum atomic E-state index is 13.5. The van der Waals surface area contributed by atoms with E-state index in [0.29, 0.717) is 30.0 Å². The highest BCUT2D eigenvalue weighted by Crippen LogP contribution is 2.09. The van der Waals surface area contributed by atoms with Crippen molar-refractivity contribution in [3.05, 3.63) is 47.3 Å². The van der Waals surface area contributed by atoms with Gasteiger partial charge < -0.3 is 5.32 Å². The summed E-state index contributed by atoms with van der Waals surface area (Å²) in [5.41, 5.74) is 0.840. The summed E-state index contributed by atoms with van der Waals surface area (Å²) in [4.78, 5) is 4.05. The molecule has 0 aliphatic rings. The van der Waals surface area contributed by atoms with Crippen molar-refractivity contribution in [1.82, 2.24) is 20.1 Å². The standard InChI is InChI=1S/C12H12FN5/c1-18-8-16-12(17-18)7-15-6-10-3-2-9(5-14)4-11(10)13/h2-4,8,15H,6-7H2,1H3. The fourth-order valence-electron chi connectivity index (χ4n) is 1.53. The fraction of sp³-hybridized carbons (Fsp3) is 0.250. The van der Waals surface area contributed by atoms with Gasteiger partial charge in [-0.2, -0.15) is 10.4 Å². The van der Waals surface area contributed by atoms with Gasteiger partial charge in [0.25, 0.3) is 0 Å². The zero-order valence-electron chi connectivity index (χ0n) is 9.89. The van der Waals surface area contributed by atoms with Crippen molar-refractivity contribution in [2.45, 2.75) is 13.1 Å². The maximum Gasteiger partial charge on any atom is 0.164 e. The average molecular weight is 245 g/mol. The summed E-state index contributed by atoms with van der Waals surface area (Å²) in [6, 6.07) is 6.33. The largest absolute Gasteiger partial charge is 0.306 e. The van der Waals surface area contributed by atoms with Crippen LogP contribution in [0.25, 0.3) is 0 Å². The summed E-state index contributed by atoms with van der Waals surface area (Å²) in [6.07, 6.45) is 1.61. The van der Waals surface area contributed by atoms with E-state index in [-0.39, 0.29) is 5.82 Å². The lowest BCUT2D eigenvalue weighted by Gasteiger charge is -2.04. The number of hydrogen-bond acceptors (Lipinski definition) is 4. The van der Waals surface area contributed by atoms with E-state index < -0.39 is 0 Å². The molecule has 18 heavy (non-hydrogen) atoms. The Morgan fingerprint density at radius 3 is 2.89 bits per heavy atom. The van der Waals surface area contributed by atoms with E-state index in [0.717, 1.165) is 0 Å². The molecule has 1 aromatic heterocycles. The Balaban J connectivity index is 1.92. The molecule has 0 saturated heterocycles.